The first kappa shape index (κ1) is 15.2. The summed E-state index contributed by atoms with van der Waals surface area (Å²) >= 11 is 0. The SMILES string of the molecule is CC1(C)CNC(C2CCCCS2(=O)=O)OC1.Cl. The van der Waals surface area contributed by atoms with Gasteiger partial charge in [-0.15, -0.1) is 12.4 Å². The minimum atomic E-state index is -2.95. The predicted molar refractivity (Wildman–Crippen MR) is 70.2 cm³/mol. The third-order valence-electron chi connectivity index (χ3n) is 3.40. The molecule has 0 aromatic carbocycles. The van der Waals surface area contributed by atoms with E-state index in [1.54, 1.807) is 0 Å². The van der Waals surface area contributed by atoms with Gasteiger partial charge in [0.25, 0.3) is 0 Å². The van der Waals surface area contributed by atoms with Crippen LogP contribution in [0.3, 0.4) is 0 Å². The number of hydrogen-bond donors (Lipinski definition) is 1. The van der Waals surface area contributed by atoms with E-state index in [4.69, 9.17) is 4.74 Å². The molecule has 0 aromatic rings. The first-order valence-corrected chi connectivity index (χ1v) is 7.69. The van der Waals surface area contributed by atoms with Crippen molar-refractivity contribution in [1.82, 2.24) is 5.32 Å². The molecule has 4 nitrogen and oxygen atoms in total. The molecule has 0 saturated carbocycles. The predicted octanol–water partition coefficient (Wildman–Crippen LogP) is 1.35. The van der Waals surface area contributed by atoms with Crippen LogP contribution in [0.1, 0.15) is 33.1 Å². The van der Waals surface area contributed by atoms with Gasteiger partial charge in [-0.3, -0.25) is 5.32 Å². The van der Waals surface area contributed by atoms with Gasteiger partial charge in [0.15, 0.2) is 9.84 Å². The fourth-order valence-corrected chi connectivity index (χ4v) is 4.35. The lowest BCUT2D eigenvalue weighted by Crippen LogP contribution is -2.55. The Morgan fingerprint density at radius 1 is 1.29 bits per heavy atom. The van der Waals surface area contributed by atoms with Gasteiger partial charge in [-0.2, -0.15) is 0 Å². The number of nitrogens with one attached hydrogen (secondary N) is 1. The highest BCUT2D eigenvalue weighted by atomic mass is 35.5. The largest absolute Gasteiger partial charge is 0.361 e. The van der Waals surface area contributed by atoms with E-state index >= 15 is 0 Å². The number of sulfone groups is 1. The maximum absolute atomic E-state index is 11.9. The van der Waals surface area contributed by atoms with Crippen molar-refractivity contribution in [3.63, 3.8) is 0 Å². The monoisotopic (exact) mass is 283 g/mol. The second-order valence-corrected chi connectivity index (χ2v) is 8.02. The molecule has 0 spiro atoms. The van der Waals surface area contributed by atoms with Crippen LogP contribution < -0.4 is 5.32 Å². The van der Waals surface area contributed by atoms with E-state index in [1.807, 2.05) is 0 Å². The van der Waals surface area contributed by atoms with E-state index in [0.29, 0.717) is 12.4 Å². The normalized spacial score (nSPS) is 35.9. The Morgan fingerprint density at radius 2 is 2.00 bits per heavy atom. The minimum absolute atomic E-state index is 0. The standard InChI is InChI=1S/C11H21NO3S.ClH/c1-11(2)7-12-10(15-8-11)9-5-3-4-6-16(9,13)14;/h9-10,12H,3-8H2,1-2H3;1H. The highest BCUT2D eigenvalue weighted by Crippen LogP contribution is 2.27. The molecule has 2 atom stereocenters. The summed E-state index contributed by atoms with van der Waals surface area (Å²) in [6, 6.07) is 0. The van der Waals surface area contributed by atoms with Crippen LogP contribution in [0.15, 0.2) is 0 Å². The highest BCUT2D eigenvalue weighted by Gasteiger charge is 2.39. The summed E-state index contributed by atoms with van der Waals surface area (Å²) in [7, 11) is -2.95. The average Bonchev–Trinajstić information content (AvgIpc) is 2.18. The molecule has 102 valence electrons. The quantitative estimate of drug-likeness (QED) is 0.789. The van der Waals surface area contributed by atoms with Crippen molar-refractivity contribution in [1.29, 1.82) is 0 Å². The van der Waals surface area contributed by atoms with Gasteiger partial charge in [0.1, 0.15) is 11.5 Å². The van der Waals surface area contributed by atoms with Crippen LogP contribution in [0.5, 0.6) is 0 Å². The van der Waals surface area contributed by atoms with Crippen molar-refractivity contribution in [2.45, 2.75) is 44.6 Å². The Balaban J connectivity index is 0.00000144. The zero-order chi connectivity index (χ0) is 11.8. The average molecular weight is 284 g/mol. The molecule has 2 unspecified atom stereocenters. The van der Waals surface area contributed by atoms with E-state index in [0.717, 1.165) is 25.8 Å². The topological polar surface area (TPSA) is 55.4 Å². The van der Waals surface area contributed by atoms with E-state index in [2.05, 4.69) is 19.2 Å². The Kier molecular flexibility index (Phi) is 4.86. The molecule has 0 bridgehead atoms. The Labute approximate surface area is 110 Å². The lowest BCUT2D eigenvalue weighted by molar-refractivity contribution is -0.0600. The van der Waals surface area contributed by atoms with E-state index in [1.165, 1.54) is 0 Å². The Bertz CT molecular complexity index is 346. The van der Waals surface area contributed by atoms with Gasteiger partial charge >= 0.3 is 0 Å². The van der Waals surface area contributed by atoms with Crippen LogP contribution in [0.2, 0.25) is 0 Å². The summed E-state index contributed by atoms with van der Waals surface area (Å²) in [6.45, 7) is 5.69. The summed E-state index contributed by atoms with van der Waals surface area (Å²) in [5.41, 5.74) is 0.106. The van der Waals surface area contributed by atoms with Gasteiger partial charge in [-0.25, -0.2) is 8.42 Å². The summed E-state index contributed by atoms with van der Waals surface area (Å²) in [6.07, 6.45) is 2.24. The van der Waals surface area contributed by atoms with Crippen LogP contribution in [-0.2, 0) is 14.6 Å². The molecule has 2 fully saturated rings. The third kappa shape index (κ3) is 3.56. The fourth-order valence-electron chi connectivity index (χ4n) is 2.36. The number of hydrogen-bond acceptors (Lipinski definition) is 4. The van der Waals surface area contributed by atoms with Gasteiger partial charge in [0, 0.05) is 12.0 Å². The van der Waals surface area contributed by atoms with Gasteiger partial charge in [-0.1, -0.05) is 20.3 Å². The van der Waals surface area contributed by atoms with Crippen molar-refractivity contribution in [3.05, 3.63) is 0 Å². The molecule has 2 aliphatic rings. The van der Waals surface area contributed by atoms with Gasteiger partial charge in [-0.05, 0) is 12.8 Å². The number of halogens is 1. The van der Waals surface area contributed by atoms with Crippen molar-refractivity contribution in [3.8, 4) is 0 Å². The zero-order valence-corrected chi connectivity index (χ0v) is 12.1. The summed E-state index contributed by atoms with van der Waals surface area (Å²) in [4.78, 5) is 0. The Morgan fingerprint density at radius 3 is 2.53 bits per heavy atom. The van der Waals surface area contributed by atoms with Gasteiger partial charge < -0.3 is 4.74 Å². The van der Waals surface area contributed by atoms with Crippen molar-refractivity contribution >= 4 is 22.2 Å². The van der Waals surface area contributed by atoms with Crippen molar-refractivity contribution < 1.29 is 13.2 Å². The first-order chi connectivity index (χ1) is 7.41. The molecular formula is C11H22ClNO3S. The molecular weight excluding hydrogens is 262 g/mol. The molecule has 6 heteroatoms. The lowest BCUT2D eigenvalue weighted by Gasteiger charge is -2.39. The maximum Gasteiger partial charge on any atom is 0.157 e. The second-order valence-electron chi connectivity index (χ2n) is 5.68. The van der Waals surface area contributed by atoms with E-state index < -0.39 is 9.84 Å². The van der Waals surface area contributed by atoms with E-state index in [-0.39, 0.29) is 29.3 Å². The van der Waals surface area contributed by atoms with E-state index in [9.17, 15) is 8.42 Å². The molecule has 2 heterocycles. The molecule has 0 aliphatic carbocycles. The highest BCUT2D eigenvalue weighted by molar-refractivity contribution is 7.92. The van der Waals surface area contributed by atoms with Crippen LogP contribution in [0, 0.1) is 5.41 Å². The summed E-state index contributed by atoms with van der Waals surface area (Å²) in [5.74, 6) is 0.322. The van der Waals surface area contributed by atoms with Crippen LogP contribution in [-0.4, -0.2) is 38.8 Å². The lowest BCUT2D eigenvalue weighted by atomic mass is 9.93. The van der Waals surface area contributed by atoms with Crippen molar-refractivity contribution in [2.24, 2.45) is 5.41 Å². The second kappa shape index (κ2) is 5.43. The molecule has 0 amide bonds. The summed E-state index contributed by atoms with van der Waals surface area (Å²) < 4.78 is 29.5. The van der Waals surface area contributed by atoms with Crippen LogP contribution in [0.25, 0.3) is 0 Å². The van der Waals surface area contributed by atoms with Crippen LogP contribution in [0.4, 0.5) is 0 Å². The Hall–Kier alpha value is 0.160. The fraction of sp³-hybridized carbons (Fsp3) is 1.00. The van der Waals surface area contributed by atoms with Gasteiger partial charge in [0.2, 0.25) is 0 Å². The molecule has 0 aromatic heterocycles. The maximum atomic E-state index is 11.9. The molecule has 17 heavy (non-hydrogen) atoms. The third-order valence-corrected chi connectivity index (χ3v) is 5.67. The minimum Gasteiger partial charge on any atom is -0.361 e. The van der Waals surface area contributed by atoms with Crippen LogP contribution >= 0.6 is 12.4 Å². The van der Waals surface area contributed by atoms with Gasteiger partial charge in [0.05, 0.1) is 12.4 Å². The smallest absolute Gasteiger partial charge is 0.157 e. The molecule has 2 rings (SSSR count). The molecule has 1 N–H and O–H groups in total. The molecule has 0 radical (unpaired) electrons. The number of rotatable bonds is 1. The molecule has 2 aliphatic heterocycles. The summed E-state index contributed by atoms with van der Waals surface area (Å²) in [5, 5.41) is 2.90. The first-order valence-electron chi connectivity index (χ1n) is 5.97. The van der Waals surface area contributed by atoms with Crippen molar-refractivity contribution in [2.75, 3.05) is 18.9 Å². The number of ether oxygens (including phenoxy) is 1. The molecule has 2 saturated heterocycles. The zero-order valence-electron chi connectivity index (χ0n) is 10.4.